The molecule has 0 spiro atoms. The van der Waals surface area contributed by atoms with Crippen LogP contribution in [-0.4, -0.2) is 29.6 Å². The predicted molar refractivity (Wildman–Crippen MR) is 66.9 cm³/mol. The fourth-order valence-corrected chi connectivity index (χ4v) is 2.11. The molecule has 1 atom stereocenters. The molecule has 3 heteroatoms. The molecule has 0 aromatic carbocycles. The van der Waals surface area contributed by atoms with Crippen molar-refractivity contribution in [2.75, 3.05) is 13.1 Å². The monoisotopic (exact) mass is 223 g/mol. The predicted octanol–water partition coefficient (Wildman–Crippen LogP) is 2.27. The summed E-state index contributed by atoms with van der Waals surface area (Å²) in [4.78, 5) is 2.56. The van der Waals surface area contributed by atoms with Gasteiger partial charge in [0.2, 0.25) is 0 Å². The van der Waals surface area contributed by atoms with Gasteiger partial charge in [-0.3, -0.25) is 0 Å². The van der Waals surface area contributed by atoms with Gasteiger partial charge < -0.3 is 10.6 Å². The maximum atomic E-state index is 8.99. The van der Waals surface area contributed by atoms with Crippen molar-refractivity contribution in [2.45, 2.75) is 64.0 Å². The first kappa shape index (κ1) is 13.5. The van der Waals surface area contributed by atoms with Gasteiger partial charge in [0.05, 0.1) is 6.07 Å². The number of rotatable bonds is 8. The summed E-state index contributed by atoms with van der Waals surface area (Å²) >= 11 is 0. The molecule has 1 saturated carbocycles. The van der Waals surface area contributed by atoms with Gasteiger partial charge in [-0.25, -0.2) is 0 Å². The summed E-state index contributed by atoms with van der Waals surface area (Å²) in [7, 11) is 0. The Bertz CT molecular complexity index is 242. The third kappa shape index (κ3) is 4.11. The molecule has 16 heavy (non-hydrogen) atoms. The van der Waals surface area contributed by atoms with E-state index in [0.717, 1.165) is 31.8 Å². The molecule has 2 N–H and O–H groups in total. The molecule has 0 aromatic rings. The second kappa shape index (κ2) is 6.22. The van der Waals surface area contributed by atoms with E-state index in [0.29, 0.717) is 0 Å². The first-order chi connectivity index (χ1) is 7.65. The van der Waals surface area contributed by atoms with E-state index in [4.69, 9.17) is 11.0 Å². The Morgan fingerprint density at radius 2 is 2.06 bits per heavy atom. The molecule has 0 amide bonds. The minimum absolute atomic E-state index is 0.596. The lowest BCUT2D eigenvalue weighted by molar-refractivity contribution is 0.251. The van der Waals surface area contributed by atoms with Crippen molar-refractivity contribution in [2.24, 2.45) is 5.73 Å². The zero-order valence-electron chi connectivity index (χ0n) is 10.7. The summed E-state index contributed by atoms with van der Waals surface area (Å²) < 4.78 is 0. The van der Waals surface area contributed by atoms with Crippen LogP contribution in [0.25, 0.3) is 0 Å². The van der Waals surface area contributed by atoms with Crippen LogP contribution in [0.15, 0.2) is 0 Å². The molecule has 1 aliphatic rings. The van der Waals surface area contributed by atoms with Gasteiger partial charge >= 0.3 is 0 Å². The Labute approximate surface area is 99.6 Å². The Morgan fingerprint density at radius 3 is 2.50 bits per heavy atom. The van der Waals surface area contributed by atoms with E-state index in [2.05, 4.69) is 17.9 Å². The maximum absolute atomic E-state index is 8.99. The van der Waals surface area contributed by atoms with E-state index >= 15 is 0 Å². The van der Waals surface area contributed by atoms with Gasteiger partial charge in [0.1, 0.15) is 5.54 Å². The van der Waals surface area contributed by atoms with Gasteiger partial charge in [0, 0.05) is 6.04 Å². The number of nitrogens with two attached hydrogens (primary N) is 1. The smallest absolute Gasteiger partial charge is 0.104 e. The lowest BCUT2D eigenvalue weighted by Crippen LogP contribution is -2.38. The summed E-state index contributed by atoms with van der Waals surface area (Å²) in [5.41, 5.74) is 5.37. The van der Waals surface area contributed by atoms with Crippen LogP contribution in [-0.2, 0) is 0 Å². The number of hydrogen-bond acceptors (Lipinski definition) is 3. The van der Waals surface area contributed by atoms with Crippen LogP contribution in [0, 0.1) is 11.3 Å². The van der Waals surface area contributed by atoms with Gasteiger partial charge in [0.15, 0.2) is 0 Å². The minimum Gasteiger partial charge on any atom is -0.313 e. The third-order valence-electron chi connectivity index (χ3n) is 3.50. The van der Waals surface area contributed by atoms with Crippen LogP contribution < -0.4 is 5.73 Å². The van der Waals surface area contributed by atoms with Crippen LogP contribution in [0.1, 0.15) is 52.4 Å². The van der Waals surface area contributed by atoms with Gasteiger partial charge in [-0.15, -0.1) is 0 Å². The summed E-state index contributed by atoms with van der Waals surface area (Å²) in [6, 6.07) is 3.07. The highest BCUT2D eigenvalue weighted by molar-refractivity contribution is 5.03. The average molecular weight is 223 g/mol. The average Bonchev–Trinajstić information content (AvgIpc) is 3.11. The highest BCUT2D eigenvalue weighted by Gasteiger charge is 2.28. The van der Waals surface area contributed by atoms with Crippen molar-refractivity contribution in [1.29, 1.82) is 5.26 Å². The Kier molecular flexibility index (Phi) is 5.24. The van der Waals surface area contributed by atoms with Gasteiger partial charge in [-0.05, 0) is 51.6 Å². The highest BCUT2D eigenvalue weighted by Crippen LogP contribution is 2.27. The first-order valence-corrected chi connectivity index (χ1v) is 6.59. The molecule has 0 radical (unpaired) electrons. The molecule has 1 aliphatic carbocycles. The molecule has 3 nitrogen and oxygen atoms in total. The number of nitrogens with zero attached hydrogens (tertiary/aromatic N) is 2. The van der Waals surface area contributed by atoms with Crippen LogP contribution in [0.4, 0.5) is 0 Å². The number of nitriles is 1. The SMILES string of the molecule is CCCN(CCCC(N)(C#N)CC)C1CC1. The van der Waals surface area contributed by atoms with Crippen molar-refractivity contribution < 1.29 is 0 Å². The number of hydrogen-bond donors (Lipinski definition) is 1. The summed E-state index contributed by atoms with van der Waals surface area (Å²) in [6.07, 6.45) is 6.57. The fourth-order valence-electron chi connectivity index (χ4n) is 2.11. The van der Waals surface area contributed by atoms with Crippen molar-refractivity contribution in [3.8, 4) is 6.07 Å². The molecule has 0 saturated heterocycles. The van der Waals surface area contributed by atoms with Crippen LogP contribution in [0.5, 0.6) is 0 Å². The van der Waals surface area contributed by atoms with E-state index in [1.165, 1.54) is 25.8 Å². The lowest BCUT2D eigenvalue weighted by atomic mass is 9.93. The summed E-state index contributed by atoms with van der Waals surface area (Å²) in [6.45, 7) is 6.53. The molecule has 1 fully saturated rings. The van der Waals surface area contributed by atoms with Crippen LogP contribution >= 0.6 is 0 Å². The molecule has 0 aliphatic heterocycles. The first-order valence-electron chi connectivity index (χ1n) is 6.59. The van der Waals surface area contributed by atoms with E-state index in [9.17, 15) is 0 Å². The van der Waals surface area contributed by atoms with Crippen molar-refractivity contribution in [3.05, 3.63) is 0 Å². The van der Waals surface area contributed by atoms with Crippen LogP contribution in [0.3, 0.4) is 0 Å². The van der Waals surface area contributed by atoms with Crippen LogP contribution in [0.2, 0.25) is 0 Å². The Morgan fingerprint density at radius 1 is 1.38 bits per heavy atom. The normalized spacial score (nSPS) is 19.4. The second-order valence-electron chi connectivity index (χ2n) is 4.99. The maximum Gasteiger partial charge on any atom is 0.104 e. The van der Waals surface area contributed by atoms with Crippen molar-refractivity contribution in [3.63, 3.8) is 0 Å². The third-order valence-corrected chi connectivity index (χ3v) is 3.50. The second-order valence-corrected chi connectivity index (χ2v) is 4.99. The van der Waals surface area contributed by atoms with E-state index < -0.39 is 5.54 Å². The lowest BCUT2D eigenvalue weighted by Gasteiger charge is -2.24. The quantitative estimate of drug-likeness (QED) is 0.687. The molecule has 0 heterocycles. The molecule has 1 unspecified atom stereocenters. The topological polar surface area (TPSA) is 53.0 Å². The summed E-state index contributed by atoms with van der Waals surface area (Å²) in [5, 5.41) is 8.99. The van der Waals surface area contributed by atoms with Gasteiger partial charge in [0.25, 0.3) is 0 Å². The van der Waals surface area contributed by atoms with Gasteiger partial charge in [-0.1, -0.05) is 13.8 Å². The fraction of sp³-hybridized carbons (Fsp3) is 0.923. The Balaban J connectivity index is 2.24. The van der Waals surface area contributed by atoms with Crippen molar-refractivity contribution in [1.82, 2.24) is 4.90 Å². The molecule has 92 valence electrons. The van der Waals surface area contributed by atoms with E-state index in [1.54, 1.807) is 0 Å². The molecule has 1 rings (SSSR count). The standard InChI is InChI=1S/C13H25N3/c1-3-9-16(12-6-7-12)10-5-8-13(15,4-2)11-14/h12H,3-10,15H2,1-2H3. The Hall–Kier alpha value is -0.590. The largest absolute Gasteiger partial charge is 0.313 e. The molecular weight excluding hydrogens is 198 g/mol. The zero-order chi connectivity index (χ0) is 12.0. The highest BCUT2D eigenvalue weighted by atomic mass is 15.2. The summed E-state index contributed by atoms with van der Waals surface area (Å²) in [5.74, 6) is 0. The van der Waals surface area contributed by atoms with Gasteiger partial charge in [-0.2, -0.15) is 5.26 Å². The van der Waals surface area contributed by atoms with E-state index in [-0.39, 0.29) is 0 Å². The van der Waals surface area contributed by atoms with E-state index in [1.807, 2.05) is 6.92 Å². The molecule has 0 aromatic heterocycles. The zero-order valence-corrected chi connectivity index (χ0v) is 10.7. The minimum atomic E-state index is -0.596. The van der Waals surface area contributed by atoms with Crippen molar-refractivity contribution >= 4 is 0 Å². The molecular formula is C13H25N3. The molecule has 0 bridgehead atoms.